The SMILES string of the molecule is C[C@]12CCC(c3ccc(O)cc3F)=C[C@@H]1CC[C@@H]2O.C[C@]12CC[C@H](c3ccc(O)cc3F)C[C@@H]1CC[C@@H]2O.C[C@]12CC[C@](O)(c3ccc(O)cc3F)C[C@@H]1CC[C@@H]2O. The average molecular weight is 807 g/mol. The highest BCUT2D eigenvalue weighted by atomic mass is 19.1. The Morgan fingerprint density at radius 1 is 0.569 bits per heavy atom. The van der Waals surface area contributed by atoms with E-state index in [0.29, 0.717) is 36.7 Å². The Kier molecular flexibility index (Phi) is 11.8. The third-order valence-corrected chi connectivity index (χ3v) is 16.1. The van der Waals surface area contributed by atoms with E-state index in [1.165, 1.54) is 24.3 Å². The van der Waals surface area contributed by atoms with Crippen LogP contribution in [0.2, 0.25) is 0 Å². The number of fused-ring (bicyclic) bond motifs is 3. The lowest BCUT2D eigenvalue weighted by molar-refractivity contribution is -0.0870. The summed E-state index contributed by atoms with van der Waals surface area (Å²) in [6, 6.07) is 12.7. The van der Waals surface area contributed by atoms with Crippen molar-refractivity contribution in [2.24, 2.45) is 34.0 Å². The molecule has 0 radical (unpaired) electrons. The Labute approximate surface area is 340 Å². The van der Waals surface area contributed by atoms with E-state index >= 15 is 0 Å². The topological polar surface area (TPSA) is 142 Å². The number of aliphatic hydroxyl groups excluding tert-OH is 3. The number of benzene rings is 3. The molecule has 5 saturated carbocycles. The van der Waals surface area contributed by atoms with Crippen molar-refractivity contribution < 1.29 is 48.9 Å². The summed E-state index contributed by atoms with van der Waals surface area (Å²) in [6.07, 6.45) is 12.9. The van der Waals surface area contributed by atoms with Gasteiger partial charge in [-0.2, -0.15) is 0 Å². The highest BCUT2D eigenvalue weighted by molar-refractivity contribution is 5.68. The number of allylic oxidation sites excluding steroid dienone is 2. The third kappa shape index (κ3) is 7.91. The molecule has 3 aromatic rings. The highest BCUT2D eigenvalue weighted by Gasteiger charge is 2.54. The smallest absolute Gasteiger partial charge is 0.134 e. The minimum absolute atomic E-state index is 0.0156. The van der Waals surface area contributed by atoms with Crippen molar-refractivity contribution in [1.82, 2.24) is 0 Å². The van der Waals surface area contributed by atoms with Crippen LogP contribution in [-0.2, 0) is 5.60 Å². The van der Waals surface area contributed by atoms with Gasteiger partial charge in [0.2, 0.25) is 0 Å². The molecule has 0 aliphatic heterocycles. The monoisotopic (exact) mass is 806 g/mol. The first kappa shape index (κ1) is 42.6. The second-order valence-corrected chi connectivity index (χ2v) is 19.2. The van der Waals surface area contributed by atoms with Crippen LogP contribution in [0.15, 0.2) is 60.7 Å². The van der Waals surface area contributed by atoms with E-state index < -0.39 is 11.4 Å². The normalized spacial score (nSPS) is 37.6. The van der Waals surface area contributed by atoms with Crippen molar-refractivity contribution in [2.45, 2.75) is 140 Å². The van der Waals surface area contributed by atoms with Crippen LogP contribution in [0.1, 0.15) is 133 Å². The van der Waals surface area contributed by atoms with Crippen molar-refractivity contribution in [3.05, 3.63) is 94.8 Å². The number of phenols is 3. The maximum Gasteiger partial charge on any atom is 0.134 e. The predicted octanol–water partition coefficient (Wildman–Crippen LogP) is 9.74. The van der Waals surface area contributed by atoms with Gasteiger partial charge in [-0.3, -0.25) is 0 Å². The molecule has 5 fully saturated rings. The van der Waals surface area contributed by atoms with E-state index in [1.807, 2.05) is 0 Å². The second-order valence-electron chi connectivity index (χ2n) is 19.2. The fourth-order valence-corrected chi connectivity index (χ4v) is 11.8. The van der Waals surface area contributed by atoms with Gasteiger partial charge in [0.05, 0.1) is 23.9 Å². The summed E-state index contributed by atoms with van der Waals surface area (Å²) in [6.45, 7) is 6.39. The van der Waals surface area contributed by atoms with Gasteiger partial charge in [0.15, 0.2) is 0 Å². The fourth-order valence-electron chi connectivity index (χ4n) is 11.8. The predicted molar refractivity (Wildman–Crippen MR) is 216 cm³/mol. The van der Waals surface area contributed by atoms with Gasteiger partial charge in [-0.25, -0.2) is 13.2 Å². The molecule has 0 saturated heterocycles. The molecule has 58 heavy (non-hydrogen) atoms. The first-order valence-corrected chi connectivity index (χ1v) is 21.3. The average Bonchev–Trinajstić information content (AvgIpc) is 3.76. The molecule has 0 aromatic heterocycles. The molecule has 316 valence electrons. The van der Waals surface area contributed by atoms with Crippen molar-refractivity contribution in [2.75, 3.05) is 0 Å². The Morgan fingerprint density at radius 3 is 1.79 bits per heavy atom. The van der Waals surface area contributed by atoms with E-state index in [9.17, 15) is 48.9 Å². The summed E-state index contributed by atoms with van der Waals surface area (Å²) < 4.78 is 41.9. The van der Waals surface area contributed by atoms with Crippen LogP contribution in [0, 0.1) is 51.5 Å². The van der Waals surface area contributed by atoms with Crippen molar-refractivity contribution >= 4 is 5.57 Å². The standard InChI is InChI=1S/C16H21FO3.C16H21FO2.C16H19FO2/c1-15-6-7-16(20,9-10(15)2-5-14(15)19)12-4-3-11(18)8-13(12)17;2*1-16-7-6-10(8-11(16)2-5-15(16)19)13-4-3-12(18)9-14(13)17/h3-4,8,10,14,18-20H,2,5-7,9H2,1H3;3-4,9-11,15,18-19H,2,5-8H2,1H3;3-4,8-9,11,15,18-19H,2,5-7H2,1H3/t10-,14-,15-,16+;10-,11-,15-,16-;11-,15-,16-/m000/s1. The van der Waals surface area contributed by atoms with Gasteiger partial charge < -0.3 is 35.7 Å². The second kappa shape index (κ2) is 16.1. The molecule has 0 bridgehead atoms. The lowest BCUT2D eigenvalue weighted by atomic mass is 9.62. The summed E-state index contributed by atoms with van der Waals surface area (Å²) in [5.74, 6) is -0.152. The Balaban J connectivity index is 0.000000132. The van der Waals surface area contributed by atoms with Crippen LogP contribution in [0.4, 0.5) is 13.2 Å². The molecular formula is C48H61F3O7. The van der Waals surface area contributed by atoms with Gasteiger partial charge in [-0.15, -0.1) is 0 Å². The first-order valence-electron chi connectivity index (χ1n) is 21.3. The molecule has 7 N–H and O–H groups in total. The zero-order chi connectivity index (χ0) is 41.8. The van der Waals surface area contributed by atoms with Crippen molar-refractivity contribution in [1.29, 1.82) is 0 Å². The van der Waals surface area contributed by atoms with Crippen molar-refractivity contribution in [3.8, 4) is 17.2 Å². The molecule has 10 heteroatoms. The van der Waals surface area contributed by atoms with Crippen LogP contribution in [-0.4, -0.2) is 54.1 Å². The first-order chi connectivity index (χ1) is 27.4. The minimum atomic E-state index is -1.19. The summed E-state index contributed by atoms with van der Waals surface area (Å²) >= 11 is 0. The largest absolute Gasteiger partial charge is 0.508 e. The number of rotatable bonds is 3. The lowest BCUT2D eigenvalue weighted by Gasteiger charge is -2.46. The Bertz CT molecular complexity index is 2010. The molecule has 0 spiro atoms. The van der Waals surface area contributed by atoms with E-state index in [4.69, 9.17) is 0 Å². The molecule has 6 aliphatic carbocycles. The molecular weight excluding hydrogens is 746 g/mol. The van der Waals surface area contributed by atoms with Gasteiger partial charge in [0.1, 0.15) is 34.7 Å². The molecule has 0 unspecified atom stereocenters. The third-order valence-electron chi connectivity index (χ3n) is 16.1. The molecule has 0 heterocycles. The van der Waals surface area contributed by atoms with Gasteiger partial charge in [0, 0.05) is 34.7 Å². The van der Waals surface area contributed by atoms with E-state index in [0.717, 1.165) is 93.9 Å². The van der Waals surface area contributed by atoms with E-state index in [-0.39, 0.29) is 80.8 Å². The lowest BCUT2D eigenvalue weighted by Crippen LogP contribution is -2.44. The van der Waals surface area contributed by atoms with Gasteiger partial charge in [-0.05, 0) is 166 Å². The van der Waals surface area contributed by atoms with E-state index in [1.54, 1.807) is 18.2 Å². The number of halogens is 3. The van der Waals surface area contributed by atoms with Gasteiger partial charge in [-0.1, -0.05) is 32.9 Å². The van der Waals surface area contributed by atoms with Gasteiger partial charge >= 0.3 is 0 Å². The maximum absolute atomic E-state index is 14.0. The van der Waals surface area contributed by atoms with Gasteiger partial charge in [0.25, 0.3) is 0 Å². The number of phenolic OH excluding ortho intramolecular Hbond substituents is 3. The van der Waals surface area contributed by atoms with E-state index in [2.05, 4.69) is 26.8 Å². The Hall–Kier alpha value is -3.57. The summed E-state index contributed by atoms with van der Waals surface area (Å²) in [4.78, 5) is 0. The molecule has 3 aromatic carbocycles. The number of aromatic hydroxyl groups is 3. The zero-order valence-corrected chi connectivity index (χ0v) is 34.0. The molecule has 0 amide bonds. The number of hydrogen-bond acceptors (Lipinski definition) is 7. The van der Waals surface area contributed by atoms with Crippen LogP contribution in [0.5, 0.6) is 17.2 Å². The molecule has 7 nitrogen and oxygen atoms in total. The summed E-state index contributed by atoms with van der Waals surface area (Å²) in [5.41, 5.74) is 1.22. The minimum Gasteiger partial charge on any atom is -0.508 e. The molecule has 6 aliphatic rings. The van der Waals surface area contributed by atoms with Crippen molar-refractivity contribution in [3.63, 3.8) is 0 Å². The van der Waals surface area contributed by atoms with Crippen LogP contribution < -0.4 is 0 Å². The van der Waals surface area contributed by atoms with Crippen LogP contribution in [0.3, 0.4) is 0 Å². The molecule has 11 atom stereocenters. The summed E-state index contributed by atoms with van der Waals surface area (Å²) in [7, 11) is 0. The van der Waals surface area contributed by atoms with Crippen LogP contribution >= 0.6 is 0 Å². The maximum atomic E-state index is 14.0. The summed E-state index contributed by atoms with van der Waals surface area (Å²) in [5, 5.41) is 69.1. The number of aliphatic hydroxyl groups is 4. The zero-order valence-electron chi connectivity index (χ0n) is 34.0. The highest BCUT2D eigenvalue weighted by Crippen LogP contribution is 2.58. The molecule has 9 rings (SSSR count). The number of hydrogen-bond donors (Lipinski definition) is 7. The Morgan fingerprint density at radius 2 is 1.14 bits per heavy atom. The fraction of sp³-hybridized carbons (Fsp3) is 0.583. The van der Waals surface area contributed by atoms with Crippen LogP contribution in [0.25, 0.3) is 5.57 Å². The quantitative estimate of drug-likeness (QED) is 0.140.